The van der Waals surface area contributed by atoms with Gasteiger partial charge in [0.15, 0.2) is 0 Å². The molecule has 1 aliphatic rings. The van der Waals surface area contributed by atoms with Crippen LogP contribution in [0.25, 0.3) is 0 Å². The Morgan fingerprint density at radius 1 is 1.24 bits per heavy atom. The van der Waals surface area contributed by atoms with Crippen LogP contribution in [0.2, 0.25) is 5.02 Å². The van der Waals surface area contributed by atoms with Crippen LogP contribution in [0, 0.1) is 11.8 Å². The van der Waals surface area contributed by atoms with Crippen molar-refractivity contribution in [3.8, 4) is 0 Å². The predicted octanol–water partition coefficient (Wildman–Crippen LogP) is 3.93. The van der Waals surface area contributed by atoms with Crippen molar-refractivity contribution in [2.24, 2.45) is 11.8 Å². The highest BCUT2D eigenvalue weighted by Crippen LogP contribution is 2.38. The number of benzene rings is 1. The molecule has 0 unspecified atom stereocenters. The zero-order valence-corrected chi connectivity index (χ0v) is 14.7. The van der Waals surface area contributed by atoms with E-state index in [0.717, 1.165) is 9.80 Å². The highest BCUT2D eigenvalue weighted by molar-refractivity contribution is 7.99. The third-order valence-corrected chi connectivity index (χ3v) is 5.38. The first-order valence-electron chi connectivity index (χ1n) is 7.64. The lowest BCUT2D eigenvalue weighted by Gasteiger charge is -2.18. The zero-order valence-electron chi connectivity index (χ0n) is 13.1. The SMILES string of the molecule is O=C(O)[C@@H]1CN(C(=O)CCCSc2ccc(Cl)cc2)C[C@H]1C(F)(F)F. The van der Waals surface area contributed by atoms with Gasteiger partial charge in [-0.15, -0.1) is 11.8 Å². The van der Waals surface area contributed by atoms with Gasteiger partial charge in [0, 0.05) is 29.4 Å². The molecule has 1 saturated heterocycles. The Morgan fingerprint density at radius 3 is 2.40 bits per heavy atom. The number of carbonyl (C=O) groups excluding carboxylic acids is 1. The van der Waals surface area contributed by atoms with Crippen LogP contribution in [-0.2, 0) is 9.59 Å². The number of thioether (sulfide) groups is 1. The second-order valence-electron chi connectivity index (χ2n) is 5.80. The molecular weight excluding hydrogens is 379 g/mol. The number of carboxylic acids is 1. The minimum absolute atomic E-state index is 0.0947. The smallest absolute Gasteiger partial charge is 0.394 e. The van der Waals surface area contributed by atoms with Crippen LogP contribution in [0.3, 0.4) is 0 Å². The van der Waals surface area contributed by atoms with Crippen LogP contribution in [0.1, 0.15) is 12.8 Å². The molecule has 4 nitrogen and oxygen atoms in total. The van der Waals surface area contributed by atoms with Gasteiger partial charge < -0.3 is 10.0 Å². The Hall–Kier alpha value is -1.41. The lowest BCUT2D eigenvalue weighted by atomic mass is 9.96. The van der Waals surface area contributed by atoms with Crippen molar-refractivity contribution in [2.45, 2.75) is 23.9 Å². The Morgan fingerprint density at radius 2 is 1.88 bits per heavy atom. The molecule has 2 rings (SSSR count). The first kappa shape index (κ1) is 19.9. The van der Waals surface area contributed by atoms with Gasteiger partial charge in [-0.2, -0.15) is 13.2 Å². The summed E-state index contributed by atoms with van der Waals surface area (Å²) in [4.78, 5) is 25.1. The number of carboxylic acid groups (broad SMARTS) is 1. The molecular formula is C16H17ClF3NO3S. The number of hydrogen-bond acceptors (Lipinski definition) is 3. The van der Waals surface area contributed by atoms with Gasteiger partial charge in [0.05, 0.1) is 11.8 Å². The van der Waals surface area contributed by atoms with Gasteiger partial charge in [0.25, 0.3) is 0 Å². The molecule has 0 bridgehead atoms. The minimum atomic E-state index is -4.62. The number of nitrogens with zero attached hydrogens (tertiary/aromatic N) is 1. The molecule has 1 fully saturated rings. The first-order valence-corrected chi connectivity index (χ1v) is 9.00. The number of amides is 1. The number of hydrogen-bond donors (Lipinski definition) is 1. The van der Waals surface area contributed by atoms with Gasteiger partial charge in [-0.3, -0.25) is 9.59 Å². The van der Waals surface area contributed by atoms with Gasteiger partial charge >= 0.3 is 12.1 Å². The maximum Gasteiger partial charge on any atom is 0.394 e. The molecule has 1 N–H and O–H groups in total. The fourth-order valence-electron chi connectivity index (χ4n) is 2.69. The van der Waals surface area contributed by atoms with Gasteiger partial charge in [0.2, 0.25) is 5.91 Å². The van der Waals surface area contributed by atoms with E-state index < -0.39 is 36.4 Å². The van der Waals surface area contributed by atoms with E-state index in [0.29, 0.717) is 17.2 Å². The Balaban J connectivity index is 1.80. The summed E-state index contributed by atoms with van der Waals surface area (Å²) in [5, 5.41) is 9.58. The van der Waals surface area contributed by atoms with Crippen LogP contribution < -0.4 is 0 Å². The van der Waals surface area contributed by atoms with E-state index >= 15 is 0 Å². The van der Waals surface area contributed by atoms with Crippen molar-refractivity contribution in [3.05, 3.63) is 29.3 Å². The molecule has 0 radical (unpaired) electrons. The highest BCUT2D eigenvalue weighted by Gasteiger charge is 2.53. The number of carbonyl (C=O) groups is 2. The molecule has 9 heteroatoms. The third kappa shape index (κ3) is 5.54. The fourth-order valence-corrected chi connectivity index (χ4v) is 3.67. The van der Waals surface area contributed by atoms with Crippen molar-refractivity contribution in [1.29, 1.82) is 0 Å². The van der Waals surface area contributed by atoms with E-state index in [1.807, 2.05) is 12.1 Å². The molecule has 0 spiro atoms. The standard InChI is InChI=1S/C16H17ClF3NO3S/c17-10-3-5-11(6-4-10)25-7-1-2-14(22)21-8-12(15(23)24)13(9-21)16(18,19)20/h3-6,12-13H,1-2,7-9H2,(H,23,24)/t12-,13-/m1/s1. The molecule has 25 heavy (non-hydrogen) atoms. The zero-order chi connectivity index (χ0) is 18.6. The number of halogens is 4. The van der Waals surface area contributed by atoms with Crippen LogP contribution in [0.15, 0.2) is 29.2 Å². The number of likely N-dealkylation sites (tertiary alicyclic amines) is 1. The monoisotopic (exact) mass is 395 g/mol. The van der Waals surface area contributed by atoms with Gasteiger partial charge in [-0.05, 0) is 36.4 Å². The van der Waals surface area contributed by atoms with Crippen molar-refractivity contribution in [2.75, 3.05) is 18.8 Å². The van der Waals surface area contributed by atoms with Crippen molar-refractivity contribution >= 4 is 35.2 Å². The Labute approximate surface area is 152 Å². The molecule has 1 aromatic rings. The quantitative estimate of drug-likeness (QED) is 0.585. The lowest BCUT2D eigenvalue weighted by molar-refractivity contribution is -0.188. The first-order chi connectivity index (χ1) is 11.7. The molecule has 0 aliphatic carbocycles. The Kier molecular flexibility index (Phi) is 6.62. The van der Waals surface area contributed by atoms with Crippen LogP contribution in [0.4, 0.5) is 13.2 Å². The summed E-state index contributed by atoms with van der Waals surface area (Å²) in [6.07, 6.45) is -4.03. The second kappa shape index (κ2) is 8.31. The molecule has 0 aromatic heterocycles. The number of aliphatic carboxylic acids is 1. The lowest BCUT2D eigenvalue weighted by Crippen LogP contribution is -2.34. The number of rotatable bonds is 6. The average Bonchev–Trinajstić information content (AvgIpc) is 2.99. The molecule has 138 valence electrons. The molecule has 1 heterocycles. The summed E-state index contributed by atoms with van der Waals surface area (Å²) >= 11 is 7.30. The number of alkyl halides is 3. The molecule has 0 saturated carbocycles. The summed E-state index contributed by atoms with van der Waals surface area (Å²) in [7, 11) is 0. The van der Waals surface area contributed by atoms with E-state index in [1.54, 1.807) is 12.1 Å². The summed E-state index contributed by atoms with van der Waals surface area (Å²) in [6, 6.07) is 7.20. The van der Waals surface area contributed by atoms with Crippen LogP contribution in [0.5, 0.6) is 0 Å². The highest BCUT2D eigenvalue weighted by atomic mass is 35.5. The minimum Gasteiger partial charge on any atom is -0.481 e. The molecule has 1 aliphatic heterocycles. The van der Waals surface area contributed by atoms with Crippen molar-refractivity contribution in [1.82, 2.24) is 4.90 Å². The molecule has 1 aromatic carbocycles. The topological polar surface area (TPSA) is 57.6 Å². The summed E-state index contributed by atoms with van der Waals surface area (Å²) < 4.78 is 38.7. The third-order valence-electron chi connectivity index (χ3n) is 4.03. The van der Waals surface area contributed by atoms with Gasteiger partial charge in [-0.1, -0.05) is 11.6 Å². The van der Waals surface area contributed by atoms with E-state index in [2.05, 4.69) is 0 Å². The maximum absolute atomic E-state index is 12.9. The van der Waals surface area contributed by atoms with Crippen LogP contribution >= 0.6 is 23.4 Å². The van der Waals surface area contributed by atoms with Crippen molar-refractivity contribution in [3.63, 3.8) is 0 Å². The maximum atomic E-state index is 12.9. The predicted molar refractivity (Wildman–Crippen MR) is 88.7 cm³/mol. The van der Waals surface area contributed by atoms with E-state index in [1.165, 1.54) is 11.8 Å². The molecule has 1 amide bonds. The Bertz CT molecular complexity index is 624. The van der Waals surface area contributed by atoms with E-state index in [4.69, 9.17) is 16.7 Å². The van der Waals surface area contributed by atoms with Gasteiger partial charge in [0.1, 0.15) is 0 Å². The van der Waals surface area contributed by atoms with Crippen molar-refractivity contribution < 1.29 is 27.9 Å². The van der Waals surface area contributed by atoms with Crippen LogP contribution in [-0.4, -0.2) is 46.9 Å². The van der Waals surface area contributed by atoms with E-state index in [-0.39, 0.29) is 13.0 Å². The largest absolute Gasteiger partial charge is 0.481 e. The summed E-state index contributed by atoms with van der Waals surface area (Å²) in [6.45, 7) is -0.966. The normalized spacial score (nSPS) is 20.7. The molecule has 2 atom stereocenters. The van der Waals surface area contributed by atoms with E-state index in [9.17, 15) is 22.8 Å². The van der Waals surface area contributed by atoms with Gasteiger partial charge in [-0.25, -0.2) is 0 Å². The average molecular weight is 396 g/mol. The summed E-state index contributed by atoms with van der Waals surface area (Å²) in [5.74, 6) is -4.91. The second-order valence-corrected chi connectivity index (χ2v) is 7.40. The fraction of sp³-hybridized carbons (Fsp3) is 0.500. The summed E-state index contributed by atoms with van der Waals surface area (Å²) in [5.41, 5.74) is 0.